The molecule has 0 aromatic heterocycles. The normalized spacial score (nSPS) is 8.62. The second-order valence-electron chi connectivity index (χ2n) is 2.11. The SMILES string of the molecule is O=C(O)c1ccc([N+](=O)[O-])cc1.[Eu]. The van der Waals surface area contributed by atoms with Crippen LogP contribution in [-0.2, 0) is 0 Å². The first-order valence-electron chi connectivity index (χ1n) is 3.09. The van der Waals surface area contributed by atoms with Gasteiger partial charge >= 0.3 is 5.97 Å². The maximum Gasteiger partial charge on any atom is 0.335 e. The van der Waals surface area contributed by atoms with Crippen molar-refractivity contribution in [2.45, 2.75) is 0 Å². The summed E-state index contributed by atoms with van der Waals surface area (Å²) < 4.78 is 0. The van der Waals surface area contributed by atoms with Crippen LogP contribution in [0.25, 0.3) is 0 Å². The molecule has 0 heterocycles. The van der Waals surface area contributed by atoms with Crippen molar-refractivity contribution in [2.75, 3.05) is 0 Å². The van der Waals surface area contributed by atoms with E-state index in [0.29, 0.717) is 0 Å². The summed E-state index contributed by atoms with van der Waals surface area (Å²) in [7, 11) is 0. The van der Waals surface area contributed by atoms with Gasteiger partial charge in [0.05, 0.1) is 10.5 Å². The smallest absolute Gasteiger partial charge is 0.335 e. The van der Waals surface area contributed by atoms with Gasteiger partial charge in [0.2, 0.25) is 0 Å². The zero-order valence-electron chi connectivity index (χ0n) is 6.31. The molecule has 5 nitrogen and oxygen atoms in total. The average Bonchev–Trinajstić information content (AvgIpc) is 2.04. The molecule has 0 aliphatic heterocycles. The zero-order valence-corrected chi connectivity index (χ0v) is 8.73. The molecule has 13 heavy (non-hydrogen) atoms. The van der Waals surface area contributed by atoms with Gasteiger partial charge in [0.1, 0.15) is 0 Å². The average molecular weight is 319 g/mol. The van der Waals surface area contributed by atoms with E-state index in [1.165, 1.54) is 12.1 Å². The Morgan fingerprint density at radius 3 is 2.08 bits per heavy atom. The Labute approximate surface area is 114 Å². The Bertz CT molecular complexity index is 289. The van der Waals surface area contributed by atoms with E-state index in [0.717, 1.165) is 12.1 Å². The van der Waals surface area contributed by atoms with Crippen LogP contribution in [0, 0.1) is 59.5 Å². The van der Waals surface area contributed by atoms with E-state index in [2.05, 4.69) is 0 Å². The fourth-order valence-electron chi connectivity index (χ4n) is 0.726. The first kappa shape index (κ1) is 12.7. The van der Waals surface area contributed by atoms with Gasteiger partial charge in [0, 0.05) is 61.5 Å². The number of nitrogens with zero attached hydrogens (tertiary/aromatic N) is 1. The third-order valence-corrected chi connectivity index (χ3v) is 1.33. The molecule has 1 aromatic rings. The van der Waals surface area contributed by atoms with Crippen molar-refractivity contribution < 1.29 is 64.2 Å². The number of carbonyl (C=O) groups is 1. The zero-order chi connectivity index (χ0) is 9.14. The summed E-state index contributed by atoms with van der Waals surface area (Å²) in [6, 6.07) is 4.70. The van der Waals surface area contributed by atoms with E-state index in [-0.39, 0.29) is 60.6 Å². The summed E-state index contributed by atoms with van der Waals surface area (Å²) in [5, 5.41) is 18.6. The largest absolute Gasteiger partial charge is 0.478 e. The molecule has 1 radical (unpaired) electrons. The van der Waals surface area contributed by atoms with E-state index >= 15 is 0 Å². The fourth-order valence-corrected chi connectivity index (χ4v) is 0.726. The molecule has 0 saturated carbocycles. The molecule has 1 N–H and O–H groups in total. The van der Waals surface area contributed by atoms with Crippen LogP contribution >= 0.6 is 0 Å². The van der Waals surface area contributed by atoms with Crippen molar-refractivity contribution in [1.29, 1.82) is 0 Å². The summed E-state index contributed by atoms with van der Waals surface area (Å²) in [6.07, 6.45) is 0. The van der Waals surface area contributed by atoms with E-state index in [1.807, 2.05) is 0 Å². The van der Waals surface area contributed by atoms with Gasteiger partial charge in [-0.15, -0.1) is 0 Å². The van der Waals surface area contributed by atoms with Crippen LogP contribution in [0.1, 0.15) is 10.4 Å². The van der Waals surface area contributed by atoms with Crippen molar-refractivity contribution >= 4 is 11.7 Å². The molecule has 6 heteroatoms. The first-order valence-corrected chi connectivity index (χ1v) is 3.09. The topological polar surface area (TPSA) is 80.4 Å². The van der Waals surface area contributed by atoms with Crippen LogP contribution in [0.2, 0.25) is 0 Å². The summed E-state index contributed by atoms with van der Waals surface area (Å²) in [5.41, 5.74) is -0.0689. The van der Waals surface area contributed by atoms with Crippen LogP contribution in [0.5, 0.6) is 0 Å². The molecule has 0 aliphatic carbocycles. The van der Waals surface area contributed by atoms with Gasteiger partial charge in [-0.3, -0.25) is 10.1 Å². The Kier molecular flexibility index (Phi) is 5.28. The predicted octanol–water partition coefficient (Wildman–Crippen LogP) is 1.29. The number of rotatable bonds is 2. The van der Waals surface area contributed by atoms with Crippen LogP contribution in [0.4, 0.5) is 5.69 Å². The van der Waals surface area contributed by atoms with E-state index in [1.54, 1.807) is 0 Å². The summed E-state index contributed by atoms with van der Waals surface area (Å²) in [4.78, 5) is 19.9. The second kappa shape index (κ2) is 5.41. The molecule has 0 atom stereocenters. The third-order valence-electron chi connectivity index (χ3n) is 1.33. The summed E-state index contributed by atoms with van der Waals surface area (Å²) in [6.45, 7) is 0. The standard InChI is InChI=1S/C7H5NO4.Eu/c9-7(10)5-1-3-6(4-2-5)8(11)12;/h1-4H,(H,9,10);. The number of hydrogen-bond acceptors (Lipinski definition) is 3. The van der Waals surface area contributed by atoms with Gasteiger partial charge in [0.25, 0.3) is 5.69 Å². The number of benzene rings is 1. The number of hydrogen-bond donors (Lipinski definition) is 1. The molecule has 0 saturated heterocycles. The van der Waals surface area contributed by atoms with Gasteiger partial charge in [0.15, 0.2) is 0 Å². The maximum atomic E-state index is 10.3. The second-order valence-corrected chi connectivity index (χ2v) is 2.11. The molecule has 0 bridgehead atoms. The van der Waals surface area contributed by atoms with Gasteiger partial charge in [-0.1, -0.05) is 0 Å². The van der Waals surface area contributed by atoms with Gasteiger partial charge in [-0.05, 0) is 12.1 Å². The fraction of sp³-hybridized carbons (Fsp3) is 0. The van der Waals surface area contributed by atoms with E-state index in [4.69, 9.17) is 5.11 Å². The van der Waals surface area contributed by atoms with Crippen LogP contribution in [0.15, 0.2) is 24.3 Å². The Hall–Kier alpha value is -0.326. The van der Waals surface area contributed by atoms with Gasteiger partial charge < -0.3 is 5.11 Å². The van der Waals surface area contributed by atoms with Crippen molar-refractivity contribution in [3.63, 3.8) is 0 Å². The minimum absolute atomic E-state index is 0. The van der Waals surface area contributed by atoms with Crippen LogP contribution < -0.4 is 0 Å². The predicted molar refractivity (Wildman–Crippen MR) is 40.1 cm³/mol. The number of aromatic carboxylic acids is 1. The Balaban J connectivity index is 0.00000144. The van der Waals surface area contributed by atoms with E-state index in [9.17, 15) is 14.9 Å². The molecular formula is C7H5EuNO4. The molecular weight excluding hydrogens is 314 g/mol. The maximum absolute atomic E-state index is 10.3. The van der Waals surface area contributed by atoms with Crippen LogP contribution in [-0.4, -0.2) is 16.0 Å². The molecule has 1 aromatic carbocycles. The molecule has 0 fully saturated rings. The monoisotopic (exact) mass is 320 g/mol. The number of nitro benzene ring substituents is 1. The number of carboxylic acids is 1. The van der Waals surface area contributed by atoms with Crippen LogP contribution in [0.3, 0.4) is 0 Å². The van der Waals surface area contributed by atoms with Crippen molar-refractivity contribution in [1.82, 2.24) is 0 Å². The van der Waals surface area contributed by atoms with Crippen molar-refractivity contribution in [2.24, 2.45) is 0 Å². The third kappa shape index (κ3) is 3.50. The Morgan fingerprint density at radius 1 is 1.31 bits per heavy atom. The minimum atomic E-state index is -1.09. The molecule has 0 aliphatic rings. The van der Waals surface area contributed by atoms with Crippen molar-refractivity contribution in [3.05, 3.63) is 39.9 Å². The van der Waals surface area contributed by atoms with E-state index < -0.39 is 10.9 Å². The van der Waals surface area contributed by atoms with Crippen molar-refractivity contribution in [3.8, 4) is 0 Å². The van der Waals surface area contributed by atoms with Gasteiger partial charge in [-0.25, -0.2) is 4.79 Å². The number of nitro groups is 1. The number of non-ortho nitro benzene ring substituents is 1. The molecule has 69 valence electrons. The molecule has 0 amide bonds. The molecule has 0 unspecified atom stereocenters. The molecule has 1 rings (SSSR count). The summed E-state index contributed by atoms with van der Waals surface area (Å²) in [5.74, 6) is -1.09. The Morgan fingerprint density at radius 2 is 1.77 bits per heavy atom. The molecule has 0 spiro atoms. The first-order chi connectivity index (χ1) is 5.61. The van der Waals surface area contributed by atoms with Gasteiger partial charge in [-0.2, -0.15) is 0 Å². The number of carboxylic acid groups (broad SMARTS) is 1. The summed E-state index contributed by atoms with van der Waals surface area (Å²) >= 11 is 0. The minimum Gasteiger partial charge on any atom is -0.478 e. The quantitative estimate of drug-likeness (QED) is 0.658.